The predicted molar refractivity (Wildman–Crippen MR) is 73.3 cm³/mol. The van der Waals surface area contributed by atoms with Gasteiger partial charge in [0.1, 0.15) is 0 Å². The molecule has 0 N–H and O–H groups in total. The van der Waals surface area contributed by atoms with Crippen LogP contribution in [0.1, 0.15) is 25.2 Å². The molecule has 0 spiro atoms. The Balaban J connectivity index is 2.75. The summed E-state index contributed by atoms with van der Waals surface area (Å²) in [6.07, 6.45) is 2.10. The van der Waals surface area contributed by atoms with E-state index in [9.17, 15) is 0 Å². The molecule has 0 saturated carbocycles. The lowest BCUT2D eigenvalue weighted by Gasteiger charge is -2.07. The fourth-order valence-corrected chi connectivity index (χ4v) is 3.16. The fraction of sp³-hybridized carbons (Fsp3) is 0.778. The zero-order chi connectivity index (χ0) is 11.3. The topological polar surface area (TPSA) is 30.7 Å². The number of aromatic nitrogens is 3. The fourth-order valence-electron chi connectivity index (χ4n) is 1.15. The maximum absolute atomic E-state index is 4.24. The van der Waals surface area contributed by atoms with Crippen LogP contribution in [-0.2, 0) is 11.5 Å². The molecule has 1 unspecified atom stereocenters. The molecule has 1 atom stereocenters. The van der Waals surface area contributed by atoms with Crippen LogP contribution in [0, 0.1) is 0 Å². The van der Waals surface area contributed by atoms with Gasteiger partial charge in [-0.1, -0.05) is 19.1 Å². The molecule has 0 aliphatic heterocycles. The molecule has 0 saturated heterocycles. The molecule has 0 aliphatic carbocycles. The van der Waals surface area contributed by atoms with E-state index in [0.717, 1.165) is 17.2 Å². The Labute approximate surface area is 102 Å². The third kappa shape index (κ3) is 3.97. The smallest absolute Gasteiger partial charge is 0.0969 e. The van der Waals surface area contributed by atoms with Crippen LogP contribution in [0.3, 0.4) is 0 Å². The van der Waals surface area contributed by atoms with Gasteiger partial charge in [0.15, 0.2) is 0 Å². The minimum absolute atomic E-state index is 0.663. The quantitative estimate of drug-likeness (QED) is 0.738. The number of hydrogen-bond acceptors (Lipinski definition) is 4. The van der Waals surface area contributed by atoms with E-state index >= 15 is 0 Å². The lowest BCUT2D eigenvalue weighted by Crippen LogP contribution is -1.98. The SMILES string of the molecule is CPn1nnc(CSC)c1CSC(C)C. The molecule has 0 amide bonds. The lowest BCUT2D eigenvalue weighted by molar-refractivity contribution is 0.864. The average Bonchev–Trinajstić information content (AvgIpc) is 2.58. The molecule has 6 heteroatoms. The maximum Gasteiger partial charge on any atom is 0.0969 e. The van der Waals surface area contributed by atoms with E-state index in [1.54, 1.807) is 11.8 Å². The maximum atomic E-state index is 4.24. The second kappa shape index (κ2) is 6.77. The molecule has 1 aromatic rings. The second-order valence-electron chi connectivity index (χ2n) is 3.41. The largest absolute Gasteiger partial charge is 0.231 e. The summed E-state index contributed by atoms with van der Waals surface area (Å²) in [7, 11) is 0.678. The highest BCUT2D eigenvalue weighted by molar-refractivity contribution is 7.99. The van der Waals surface area contributed by atoms with Crippen LogP contribution in [0.5, 0.6) is 0 Å². The van der Waals surface area contributed by atoms with Crippen LogP contribution < -0.4 is 0 Å². The van der Waals surface area contributed by atoms with Crippen molar-refractivity contribution in [2.75, 3.05) is 12.9 Å². The van der Waals surface area contributed by atoms with Crippen molar-refractivity contribution in [1.29, 1.82) is 0 Å². The first-order valence-electron chi connectivity index (χ1n) is 4.90. The Bertz CT molecular complexity index is 302. The Morgan fingerprint density at radius 1 is 1.40 bits per heavy atom. The molecular formula is C9H18N3PS2. The van der Waals surface area contributed by atoms with Crippen molar-refractivity contribution in [3.63, 3.8) is 0 Å². The molecule has 1 aromatic heterocycles. The van der Waals surface area contributed by atoms with Crippen molar-refractivity contribution in [1.82, 2.24) is 14.8 Å². The van der Waals surface area contributed by atoms with Crippen molar-refractivity contribution >= 4 is 32.3 Å². The average molecular weight is 263 g/mol. The van der Waals surface area contributed by atoms with E-state index < -0.39 is 0 Å². The molecule has 1 heterocycles. The van der Waals surface area contributed by atoms with E-state index in [1.165, 1.54) is 5.69 Å². The van der Waals surface area contributed by atoms with Gasteiger partial charge in [-0.3, -0.25) is 0 Å². The summed E-state index contributed by atoms with van der Waals surface area (Å²) in [6.45, 7) is 6.59. The summed E-state index contributed by atoms with van der Waals surface area (Å²) in [4.78, 5) is 0. The van der Waals surface area contributed by atoms with E-state index in [2.05, 4.69) is 37.1 Å². The van der Waals surface area contributed by atoms with Gasteiger partial charge in [0.05, 0.1) is 11.4 Å². The molecule has 1 rings (SSSR count). The monoisotopic (exact) mass is 263 g/mol. The molecular weight excluding hydrogens is 245 g/mol. The van der Waals surface area contributed by atoms with Gasteiger partial charge in [0, 0.05) is 20.2 Å². The lowest BCUT2D eigenvalue weighted by atomic mass is 10.4. The Morgan fingerprint density at radius 3 is 2.67 bits per heavy atom. The van der Waals surface area contributed by atoms with Crippen molar-refractivity contribution in [3.05, 3.63) is 11.4 Å². The summed E-state index contributed by atoms with van der Waals surface area (Å²) < 4.78 is 2.04. The highest BCUT2D eigenvalue weighted by atomic mass is 32.2. The van der Waals surface area contributed by atoms with Crippen LogP contribution in [0.15, 0.2) is 0 Å². The number of hydrogen-bond donors (Lipinski definition) is 0. The molecule has 0 aromatic carbocycles. The highest BCUT2D eigenvalue weighted by Crippen LogP contribution is 2.24. The zero-order valence-electron chi connectivity index (χ0n) is 9.65. The molecule has 3 nitrogen and oxygen atoms in total. The summed E-state index contributed by atoms with van der Waals surface area (Å²) in [5, 5.41) is 9.09. The van der Waals surface area contributed by atoms with Gasteiger partial charge in [-0.2, -0.15) is 23.5 Å². The van der Waals surface area contributed by atoms with E-state index in [0.29, 0.717) is 14.0 Å². The Kier molecular flexibility index (Phi) is 6.02. The van der Waals surface area contributed by atoms with Crippen LogP contribution in [0.25, 0.3) is 0 Å². The summed E-state index contributed by atoms with van der Waals surface area (Å²) >= 11 is 3.76. The first-order valence-corrected chi connectivity index (χ1v) is 8.79. The van der Waals surface area contributed by atoms with Crippen LogP contribution in [-0.4, -0.2) is 32.9 Å². The highest BCUT2D eigenvalue weighted by Gasteiger charge is 2.11. The van der Waals surface area contributed by atoms with Crippen LogP contribution >= 0.6 is 32.3 Å². The van der Waals surface area contributed by atoms with Gasteiger partial charge >= 0.3 is 0 Å². The van der Waals surface area contributed by atoms with Gasteiger partial charge in [0.2, 0.25) is 0 Å². The normalized spacial score (nSPS) is 12.1. The van der Waals surface area contributed by atoms with Crippen LogP contribution in [0.4, 0.5) is 0 Å². The number of thioether (sulfide) groups is 2. The van der Waals surface area contributed by atoms with E-state index in [4.69, 9.17) is 0 Å². The Morgan fingerprint density at radius 2 is 2.13 bits per heavy atom. The van der Waals surface area contributed by atoms with Crippen molar-refractivity contribution in [3.8, 4) is 0 Å². The third-order valence-electron chi connectivity index (χ3n) is 1.89. The predicted octanol–water partition coefficient (Wildman–Crippen LogP) is 2.85. The van der Waals surface area contributed by atoms with Crippen LogP contribution in [0.2, 0.25) is 0 Å². The summed E-state index contributed by atoms with van der Waals surface area (Å²) in [6, 6.07) is 0. The number of rotatable bonds is 6. The van der Waals surface area contributed by atoms with E-state index in [-0.39, 0.29) is 0 Å². The van der Waals surface area contributed by atoms with E-state index in [1.807, 2.05) is 16.2 Å². The first kappa shape index (κ1) is 13.3. The Hall–Kier alpha value is 0.270. The molecule has 0 fully saturated rings. The molecule has 86 valence electrons. The molecule has 0 aliphatic rings. The molecule has 0 radical (unpaired) electrons. The molecule has 15 heavy (non-hydrogen) atoms. The first-order chi connectivity index (χ1) is 7.19. The van der Waals surface area contributed by atoms with Gasteiger partial charge in [0.25, 0.3) is 0 Å². The third-order valence-corrected chi connectivity index (χ3v) is 4.34. The summed E-state index contributed by atoms with van der Waals surface area (Å²) in [5.74, 6) is 2.00. The second-order valence-corrected chi connectivity index (χ2v) is 6.71. The van der Waals surface area contributed by atoms with Gasteiger partial charge < -0.3 is 0 Å². The molecule has 0 bridgehead atoms. The van der Waals surface area contributed by atoms with Crippen molar-refractivity contribution < 1.29 is 0 Å². The van der Waals surface area contributed by atoms with Crippen molar-refractivity contribution in [2.45, 2.75) is 30.6 Å². The van der Waals surface area contributed by atoms with Crippen molar-refractivity contribution in [2.24, 2.45) is 0 Å². The van der Waals surface area contributed by atoms with Gasteiger partial charge in [-0.25, -0.2) is 4.45 Å². The summed E-state index contributed by atoms with van der Waals surface area (Å²) in [5.41, 5.74) is 2.47. The zero-order valence-corrected chi connectivity index (χ0v) is 12.3. The van der Waals surface area contributed by atoms with Gasteiger partial charge in [-0.05, 0) is 18.2 Å². The standard InChI is InChI=1S/C9H18N3PS2/c1-7(2)15-6-9-8(5-14-4)10-11-12(9)13-3/h7,13H,5-6H2,1-4H3. The van der Waals surface area contributed by atoms with Gasteiger partial charge in [-0.15, -0.1) is 5.10 Å². The minimum atomic E-state index is 0.663. The number of nitrogens with zero attached hydrogens (tertiary/aromatic N) is 3. The minimum Gasteiger partial charge on any atom is -0.231 e.